The number of fused-ring (bicyclic) bond motifs is 1. The molecule has 122 valence electrons. The lowest BCUT2D eigenvalue weighted by molar-refractivity contribution is 0.261. The summed E-state index contributed by atoms with van der Waals surface area (Å²) in [5.74, 6) is 1.02. The van der Waals surface area contributed by atoms with E-state index in [0.29, 0.717) is 6.04 Å². The van der Waals surface area contributed by atoms with Crippen molar-refractivity contribution in [1.29, 1.82) is 0 Å². The first-order chi connectivity index (χ1) is 10.7. The average molecular weight is 303 g/mol. The van der Waals surface area contributed by atoms with Crippen LogP contribution in [0.4, 0.5) is 5.69 Å². The minimum Gasteiger partial charge on any atom is -0.492 e. The van der Waals surface area contributed by atoms with Crippen LogP contribution in [0.15, 0.2) is 12.1 Å². The average Bonchev–Trinajstić information content (AvgIpc) is 3.00. The van der Waals surface area contributed by atoms with Gasteiger partial charge < -0.3 is 20.3 Å². The second kappa shape index (κ2) is 7.34. The Labute approximate surface area is 134 Å². The number of anilines is 1. The molecule has 1 heterocycles. The van der Waals surface area contributed by atoms with Crippen LogP contribution >= 0.6 is 0 Å². The van der Waals surface area contributed by atoms with Gasteiger partial charge in [-0.3, -0.25) is 0 Å². The van der Waals surface area contributed by atoms with Crippen LogP contribution < -0.4 is 15.4 Å². The fraction of sp³-hybridized carbons (Fsp3) is 0.667. The van der Waals surface area contributed by atoms with Gasteiger partial charge in [0.25, 0.3) is 0 Å². The molecular formula is C18H29N3O. The third kappa shape index (κ3) is 3.93. The van der Waals surface area contributed by atoms with Gasteiger partial charge in [-0.2, -0.15) is 0 Å². The summed E-state index contributed by atoms with van der Waals surface area (Å²) in [5.41, 5.74) is 4.18. The summed E-state index contributed by atoms with van der Waals surface area (Å²) in [7, 11) is 4.16. The molecule has 1 aliphatic heterocycles. The number of rotatable bonds is 6. The summed E-state index contributed by atoms with van der Waals surface area (Å²) >= 11 is 0. The largest absolute Gasteiger partial charge is 0.492 e. The molecule has 1 aliphatic carbocycles. The third-order valence-corrected chi connectivity index (χ3v) is 4.71. The summed E-state index contributed by atoms with van der Waals surface area (Å²) < 4.78 is 5.99. The van der Waals surface area contributed by atoms with Crippen molar-refractivity contribution in [3.63, 3.8) is 0 Å². The van der Waals surface area contributed by atoms with Crippen molar-refractivity contribution in [2.75, 3.05) is 39.1 Å². The molecule has 22 heavy (non-hydrogen) atoms. The molecule has 0 unspecified atom stereocenters. The van der Waals surface area contributed by atoms with Crippen molar-refractivity contribution < 1.29 is 4.74 Å². The highest BCUT2D eigenvalue weighted by Gasteiger charge is 2.19. The van der Waals surface area contributed by atoms with E-state index in [2.05, 4.69) is 41.8 Å². The van der Waals surface area contributed by atoms with Crippen molar-refractivity contribution >= 4 is 5.69 Å². The van der Waals surface area contributed by atoms with Crippen molar-refractivity contribution in [3.05, 3.63) is 23.3 Å². The summed E-state index contributed by atoms with van der Waals surface area (Å²) in [5, 5.41) is 7.27. The van der Waals surface area contributed by atoms with E-state index in [-0.39, 0.29) is 0 Å². The van der Waals surface area contributed by atoms with Gasteiger partial charge in [0.05, 0.1) is 0 Å². The molecule has 4 nitrogen and oxygen atoms in total. The predicted molar refractivity (Wildman–Crippen MR) is 91.8 cm³/mol. The van der Waals surface area contributed by atoms with Gasteiger partial charge in [0, 0.05) is 30.9 Å². The summed E-state index contributed by atoms with van der Waals surface area (Å²) in [6.07, 6.45) is 6.41. The first-order valence-corrected chi connectivity index (χ1v) is 8.63. The number of nitrogens with one attached hydrogen (secondary N) is 2. The van der Waals surface area contributed by atoms with Gasteiger partial charge in [-0.05, 0) is 57.1 Å². The van der Waals surface area contributed by atoms with E-state index in [0.717, 1.165) is 38.4 Å². The zero-order chi connectivity index (χ0) is 15.4. The molecule has 0 spiro atoms. The minimum atomic E-state index is 0.642. The Morgan fingerprint density at radius 1 is 1.27 bits per heavy atom. The summed E-state index contributed by atoms with van der Waals surface area (Å²) in [4.78, 5) is 2.15. The lowest BCUT2D eigenvalue weighted by Crippen LogP contribution is -2.26. The molecule has 0 radical (unpaired) electrons. The van der Waals surface area contributed by atoms with Gasteiger partial charge in [-0.1, -0.05) is 12.8 Å². The Morgan fingerprint density at radius 3 is 2.86 bits per heavy atom. The van der Waals surface area contributed by atoms with Crippen molar-refractivity contribution in [2.45, 2.75) is 44.7 Å². The van der Waals surface area contributed by atoms with Gasteiger partial charge in [0.15, 0.2) is 0 Å². The number of hydrogen-bond donors (Lipinski definition) is 2. The Morgan fingerprint density at radius 2 is 2.09 bits per heavy atom. The van der Waals surface area contributed by atoms with E-state index in [9.17, 15) is 0 Å². The molecular weight excluding hydrogens is 274 g/mol. The molecule has 0 atom stereocenters. The molecule has 0 bridgehead atoms. The van der Waals surface area contributed by atoms with E-state index < -0.39 is 0 Å². The molecule has 2 aliphatic rings. The SMILES string of the molecule is CN(C)CCOc1cc2c(c(NC3CCCC3)c1)CNCC2. The third-order valence-electron chi connectivity index (χ3n) is 4.71. The van der Waals surface area contributed by atoms with Crippen LogP contribution in [0, 0.1) is 0 Å². The minimum absolute atomic E-state index is 0.642. The fourth-order valence-electron chi connectivity index (χ4n) is 3.42. The quantitative estimate of drug-likeness (QED) is 0.847. The van der Waals surface area contributed by atoms with Crippen LogP contribution in [-0.2, 0) is 13.0 Å². The van der Waals surface area contributed by atoms with Crippen LogP contribution in [-0.4, -0.2) is 44.7 Å². The van der Waals surface area contributed by atoms with Crippen LogP contribution in [0.2, 0.25) is 0 Å². The van der Waals surface area contributed by atoms with Crippen molar-refractivity contribution in [1.82, 2.24) is 10.2 Å². The van der Waals surface area contributed by atoms with Gasteiger partial charge in [0.1, 0.15) is 12.4 Å². The van der Waals surface area contributed by atoms with Crippen LogP contribution in [0.3, 0.4) is 0 Å². The number of nitrogens with zero attached hydrogens (tertiary/aromatic N) is 1. The first-order valence-electron chi connectivity index (χ1n) is 8.63. The normalized spacial score (nSPS) is 18.5. The number of benzene rings is 1. The Kier molecular flexibility index (Phi) is 5.21. The second-order valence-corrected chi connectivity index (χ2v) is 6.81. The van der Waals surface area contributed by atoms with E-state index >= 15 is 0 Å². The molecule has 3 rings (SSSR count). The zero-order valence-corrected chi connectivity index (χ0v) is 14.0. The maximum atomic E-state index is 5.99. The number of likely N-dealkylation sites (N-methyl/N-ethyl adjacent to an activating group) is 1. The van der Waals surface area contributed by atoms with Gasteiger partial charge in [-0.25, -0.2) is 0 Å². The van der Waals surface area contributed by atoms with Gasteiger partial charge >= 0.3 is 0 Å². The Balaban J connectivity index is 1.75. The topological polar surface area (TPSA) is 36.5 Å². The van der Waals surface area contributed by atoms with Gasteiger partial charge in [-0.15, -0.1) is 0 Å². The molecule has 1 saturated carbocycles. The monoisotopic (exact) mass is 303 g/mol. The highest BCUT2D eigenvalue weighted by atomic mass is 16.5. The van der Waals surface area contributed by atoms with Crippen LogP contribution in [0.5, 0.6) is 5.75 Å². The lowest BCUT2D eigenvalue weighted by atomic mass is 9.98. The Bertz CT molecular complexity index is 495. The van der Waals surface area contributed by atoms with Crippen LogP contribution in [0.1, 0.15) is 36.8 Å². The second-order valence-electron chi connectivity index (χ2n) is 6.81. The molecule has 1 fully saturated rings. The van der Waals surface area contributed by atoms with E-state index in [4.69, 9.17) is 4.74 Å². The standard InChI is InChI=1S/C18H29N3O/c1-21(2)9-10-22-16-11-14-7-8-19-13-17(14)18(12-16)20-15-5-3-4-6-15/h11-12,15,19-20H,3-10,13H2,1-2H3. The fourth-order valence-corrected chi connectivity index (χ4v) is 3.42. The molecule has 0 amide bonds. The summed E-state index contributed by atoms with van der Waals surface area (Å²) in [6, 6.07) is 5.09. The summed E-state index contributed by atoms with van der Waals surface area (Å²) in [6.45, 7) is 3.73. The van der Waals surface area contributed by atoms with Crippen molar-refractivity contribution in [3.8, 4) is 5.75 Å². The smallest absolute Gasteiger partial charge is 0.121 e. The molecule has 4 heteroatoms. The zero-order valence-electron chi connectivity index (χ0n) is 14.0. The number of hydrogen-bond acceptors (Lipinski definition) is 4. The van der Waals surface area contributed by atoms with E-state index in [1.165, 1.54) is 42.5 Å². The van der Waals surface area contributed by atoms with Crippen molar-refractivity contribution in [2.24, 2.45) is 0 Å². The molecule has 0 aromatic heterocycles. The molecule has 1 aromatic rings. The number of ether oxygens (including phenoxy) is 1. The lowest BCUT2D eigenvalue weighted by Gasteiger charge is -2.25. The van der Waals surface area contributed by atoms with Gasteiger partial charge in [0.2, 0.25) is 0 Å². The first kappa shape index (κ1) is 15.6. The Hall–Kier alpha value is -1.26. The van der Waals surface area contributed by atoms with E-state index in [1.54, 1.807) is 0 Å². The van der Waals surface area contributed by atoms with Crippen LogP contribution in [0.25, 0.3) is 0 Å². The maximum Gasteiger partial charge on any atom is 0.121 e. The van der Waals surface area contributed by atoms with E-state index in [1.807, 2.05) is 0 Å². The predicted octanol–water partition coefficient (Wildman–Crippen LogP) is 2.63. The molecule has 0 saturated heterocycles. The molecule has 1 aromatic carbocycles. The highest BCUT2D eigenvalue weighted by molar-refractivity contribution is 5.60. The highest BCUT2D eigenvalue weighted by Crippen LogP contribution is 2.32. The molecule has 2 N–H and O–H groups in total. The maximum absolute atomic E-state index is 5.99.